The molecule has 1 aliphatic heterocycles. The third-order valence-electron chi connectivity index (χ3n) is 6.18. The molecule has 0 saturated heterocycles. The fourth-order valence-corrected chi connectivity index (χ4v) is 4.40. The predicted octanol–water partition coefficient (Wildman–Crippen LogP) is 7.84. The van der Waals surface area contributed by atoms with Crippen LogP contribution in [0.2, 0.25) is 0 Å². The number of hydrogen-bond acceptors (Lipinski definition) is 1. The van der Waals surface area contributed by atoms with Crippen molar-refractivity contribution in [1.82, 2.24) is 4.90 Å². The molecule has 3 rings (SSSR count). The molecule has 1 aliphatic carbocycles. The summed E-state index contributed by atoms with van der Waals surface area (Å²) in [6.45, 7) is 12.7. The second-order valence-electron chi connectivity index (χ2n) is 8.10. The monoisotopic (exact) mass is 397 g/mol. The molecule has 2 aliphatic rings. The van der Waals surface area contributed by atoms with Gasteiger partial charge < -0.3 is 4.90 Å². The SMILES string of the molecule is C=C/C=C\C(=C/C)C1=CN(C(=C)Cc2ccccc2)C(C2=CC=C(CC)CC2)CC1. The Hall–Kier alpha value is -2.80. The van der Waals surface area contributed by atoms with Crippen LogP contribution in [-0.4, -0.2) is 10.9 Å². The zero-order valence-electron chi connectivity index (χ0n) is 18.6. The van der Waals surface area contributed by atoms with E-state index in [-0.39, 0.29) is 0 Å². The van der Waals surface area contributed by atoms with Crippen molar-refractivity contribution < 1.29 is 0 Å². The highest BCUT2D eigenvalue weighted by Crippen LogP contribution is 2.36. The number of allylic oxidation sites excluding steroid dienone is 10. The number of nitrogens with zero attached hydrogens (tertiary/aromatic N) is 1. The van der Waals surface area contributed by atoms with E-state index in [9.17, 15) is 0 Å². The Morgan fingerprint density at radius 1 is 1.13 bits per heavy atom. The maximum atomic E-state index is 4.52. The second kappa shape index (κ2) is 10.8. The van der Waals surface area contributed by atoms with Gasteiger partial charge in [0.25, 0.3) is 0 Å². The van der Waals surface area contributed by atoms with Crippen LogP contribution in [0.1, 0.15) is 51.5 Å². The van der Waals surface area contributed by atoms with Crippen LogP contribution in [0.15, 0.2) is 114 Å². The zero-order chi connectivity index (χ0) is 21.3. The van der Waals surface area contributed by atoms with Crippen LogP contribution >= 0.6 is 0 Å². The Morgan fingerprint density at radius 3 is 2.57 bits per heavy atom. The van der Waals surface area contributed by atoms with Gasteiger partial charge in [-0.05, 0) is 61.3 Å². The Morgan fingerprint density at radius 2 is 1.93 bits per heavy atom. The fourth-order valence-electron chi connectivity index (χ4n) is 4.40. The average Bonchev–Trinajstić information content (AvgIpc) is 2.80. The average molecular weight is 398 g/mol. The normalized spacial score (nSPS) is 19.9. The molecule has 30 heavy (non-hydrogen) atoms. The van der Waals surface area contributed by atoms with E-state index in [4.69, 9.17) is 0 Å². The fraction of sp³-hybridized carbons (Fsp3) is 0.310. The predicted molar refractivity (Wildman–Crippen MR) is 131 cm³/mol. The summed E-state index contributed by atoms with van der Waals surface area (Å²) in [4.78, 5) is 2.45. The lowest BCUT2D eigenvalue weighted by Crippen LogP contribution is -2.36. The third kappa shape index (κ3) is 5.42. The first kappa shape index (κ1) is 21.9. The molecule has 0 bridgehead atoms. The van der Waals surface area contributed by atoms with Crippen molar-refractivity contribution in [3.63, 3.8) is 0 Å². The molecule has 0 amide bonds. The van der Waals surface area contributed by atoms with E-state index in [1.807, 2.05) is 12.2 Å². The Balaban J connectivity index is 1.92. The van der Waals surface area contributed by atoms with Gasteiger partial charge in [0.05, 0.1) is 6.04 Å². The number of rotatable bonds is 8. The van der Waals surface area contributed by atoms with Crippen LogP contribution in [0.3, 0.4) is 0 Å². The lowest BCUT2D eigenvalue weighted by Gasteiger charge is -2.39. The van der Waals surface area contributed by atoms with Gasteiger partial charge in [0, 0.05) is 18.3 Å². The lowest BCUT2D eigenvalue weighted by molar-refractivity contribution is 0.326. The third-order valence-corrected chi connectivity index (χ3v) is 6.18. The second-order valence-corrected chi connectivity index (χ2v) is 8.10. The molecule has 0 N–H and O–H groups in total. The van der Waals surface area contributed by atoms with Gasteiger partial charge in [0.1, 0.15) is 0 Å². The number of hydrogen-bond donors (Lipinski definition) is 0. The van der Waals surface area contributed by atoms with Crippen molar-refractivity contribution >= 4 is 0 Å². The molecule has 0 radical (unpaired) electrons. The smallest absolute Gasteiger partial charge is 0.0548 e. The van der Waals surface area contributed by atoms with E-state index in [2.05, 4.69) is 92.7 Å². The van der Waals surface area contributed by atoms with Gasteiger partial charge in [0.2, 0.25) is 0 Å². The van der Waals surface area contributed by atoms with Crippen LogP contribution in [0.25, 0.3) is 0 Å². The Bertz CT molecular complexity index is 905. The number of benzene rings is 1. The first-order chi connectivity index (χ1) is 14.7. The summed E-state index contributed by atoms with van der Waals surface area (Å²) in [5.41, 5.74) is 8.23. The van der Waals surface area contributed by atoms with Crippen LogP contribution in [0.4, 0.5) is 0 Å². The van der Waals surface area contributed by atoms with E-state index >= 15 is 0 Å². The highest BCUT2D eigenvalue weighted by molar-refractivity contribution is 5.43. The van der Waals surface area contributed by atoms with Crippen molar-refractivity contribution in [3.05, 3.63) is 120 Å². The standard InChI is InChI=1S/C29H35N/c1-5-8-14-26(7-3)28-19-20-29(27-17-15-24(6-2)16-18-27)30(22-28)23(4)21-25-12-10-9-11-13-25/h5,7-15,17,22,29H,1,4,6,16,18-21H2,2-3H3/b14-8-,26-7+. The maximum Gasteiger partial charge on any atom is 0.0548 e. The summed E-state index contributed by atoms with van der Waals surface area (Å²) in [5, 5.41) is 0. The van der Waals surface area contributed by atoms with Gasteiger partial charge in [-0.1, -0.05) is 92.4 Å². The molecule has 0 aromatic heterocycles. The van der Waals surface area contributed by atoms with Gasteiger partial charge in [-0.2, -0.15) is 0 Å². The summed E-state index contributed by atoms with van der Waals surface area (Å²) in [6.07, 6.45) is 21.9. The van der Waals surface area contributed by atoms with E-state index in [1.165, 1.54) is 23.1 Å². The molecular weight excluding hydrogens is 362 g/mol. The van der Waals surface area contributed by atoms with Crippen LogP contribution < -0.4 is 0 Å². The topological polar surface area (TPSA) is 3.24 Å². The molecule has 0 saturated carbocycles. The zero-order valence-corrected chi connectivity index (χ0v) is 18.6. The summed E-state index contributed by atoms with van der Waals surface area (Å²) in [7, 11) is 0. The minimum absolute atomic E-state index is 0.404. The first-order valence-corrected chi connectivity index (χ1v) is 11.2. The van der Waals surface area contributed by atoms with Crippen LogP contribution in [0, 0.1) is 0 Å². The molecule has 1 nitrogen and oxygen atoms in total. The van der Waals surface area contributed by atoms with Crippen molar-refractivity contribution in [2.75, 3.05) is 0 Å². The molecule has 1 atom stereocenters. The highest BCUT2D eigenvalue weighted by atomic mass is 15.2. The van der Waals surface area contributed by atoms with Crippen LogP contribution in [0.5, 0.6) is 0 Å². The van der Waals surface area contributed by atoms with Gasteiger partial charge in [0.15, 0.2) is 0 Å². The molecule has 156 valence electrons. The minimum atomic E-state index is 0.404. The first-order valence-electron chi connectivity index (χ1n) is 11.2. The summed E-state index contributed by atoms with van der Waals surface area (Å²) in [6, 6.07) is 11.1. The Kier molecular flexibility index (Phi) is 7.90. The molecule has 0 spiro atoms. The summed E-state index contributed by atoms with van der Waals surface area (Å²) < 4.78 is 0. The molecule has 1 heterocycles. The quantitative estimate of drug-likeness (QED) is 0.404. The maximum absolute atomic E-state index is 4.52. The largest absolute Gasteiger partial charge is 0.344 e. The van der Waals surface area contributed by atoms with E-state index in [0.29, 0.717) is 6.04 Å². The molecule has 0 fully saturated rings. The Labute approximate surface area is 183 Å². The van der Waals surface area contributed by atoms with Crippen molar-refractivity contribution in [2.24, 2.45) is 0 Å². The highest BCUT2D eigenvalue weighted by Gasteiger charge is 2.28. The molecule has 1 unspecified atom stereocenters. The van der Waals surface area contributed by atoms with Crippen molar-refractivity contribution in [3.8, 4) is 0 Å². The van der Waals surface area contributed by atoms with E-state index < -0.39 is 0 Å². The molecular formula is C29H35N. The van der Waals surface area contributed by atoms with Gasteiger partial charge in [-0.25, -0.2) is 0 Å². The van der Waals surface area contributed by atoms with Gasteiger partial charge in [-0.3, -0.25) is 0 Å². The lowest BCUT2D eigenvalue weighted by atomic mass is 9.85. The summed E-state index contributed by atoms with van der Waals surface area (Å²) >= 11 is 0. The molecule has 1 aromatic carbocycles. The minimum Gasteiger partial charge on any atom is -0.344 e. The molecule has 1 aromatic rings. The van der Waals surface area contributed by atoms with Crippen molar-refractivity contribution in [2.45, 2.75) is 58.4 Å². The van der Waals surface area contributed by atoms with E-state index in [1.54, 1.807) is 11.1 Å². The van der Waals surface area contributed by atoms with E-state index in [0.717, 1.165) is 37.8 Å². The molecule has 1 heteroatoms. The van der Waals surface area contributed by atoms with Gasteiger partial charge >= 0.3 is 0 Å². The van der Waals surface area contributed by atoms with Crippen LogP contribution in [-0.2, 0) is 6.42 Å². The van der Waals surface area contributed by atoms with Gasteiger partial charge in [-0.15, -0.1) is 0 Å². The summed E-state index contributed by atoms with van der Waals surface area (Å²) in [5.74, 6) is 0. The van der Waals surface area contributed by atoms with Crippen molar-refractivity contribution in [1.29, 1.82) is 0 Å².